The van der Waals surface area contributed by atoms with Crippen LogP contribution in [0.2, 0.25) is 0 Å². The minimum absolute atomic E-state index is 0.0753. The number of likely N-dealkylation sites (tertiary alicyclic amines) is 1. The average Bonchev–Trinajstić information content (AvgIpc) is 2.89. The number of carboxylic acids is 1. The van der Waals surface area contributed by atoms with Crippen LogP contribution in [0.3, 0.4) is 0 Å². The molecule has 3 atom stereocenters. The molecule has 1 aromatic rings. The number of hydrogen-bond donors (Lipinski definition) is 1. The van der Waals surface area contributed by atoms with Crippen LogP contribution in [-0.2, 0) is 11.3 Å². The fourth-order valence-electron chi connectivity index (χ4n) is 3.63. The van der Waals surface area contributed by atoms with E-state index in [4.69, 9.17) is 0 Å². The van der Waals surface area contributed by atoms with Gasteiger partial charge in [0, 0.05) is 29.9 Å². The largest absolute Gasteiger partial charge is 0.481 e. The van der Waals surface area contributed by atoms with Gasteiger partial charge in [-0.15, -0.1) is 0 Å². The van der Waals surface area contributed by atoms with Crippen LogP contribution in [0.15, 0.2) is 0 Å². The summed E-state index contributed by atoms with van der Waals surface area (Å²) in [7, 11) is 0. The van der Waals surface area contributed by atoms with Gasteiger partial charge in [0.15, 0.2) is 0 Å². The highest BCUT2D eigenvalue weighted by atomic mass is 16.4. The zero-order chi connectivity index (χ0) is 15.0. The molecule has 1 fully saturated rings. The molecule has 1 saturated heterocycles. The molecule has 0 amide bonds. The first-order valence-electron chi connectivity index (χ1n) is 7.40. The van der Waals surface area contributed by atoms with Crippen molar-refractivity contribution in [2.24, 2.45) is 5.92 Å². The number of aliphatic carboxylic acids is 1. The summed E-state index contributed by atoms with van der Waals surface area (Å²) in [4.78, 5) is 13.6. The number of hydrogen-bond acceptors (Lipinski definition) is 3. The van der Waals surface area contributed by atoms with Gasteiger partial charge in [0.1, 0.15) is 0 Å². The van der Waals surface area contributed by atoms with Gasteiger partial charge in [-0.2, -0.15) is 5.10 Å². The molecule has 3 unspecified atom stereocenters. The van der Waals surface area contributed by atoms with Crippen LogP contribution in [-0.4, -0.2) is 38.3 Å². The monoisotopic (exact) mass is 279 g/mol. The quantitative estimate of drug-likeness (QED) is 0.919. The summed E-state index contributed by atoms with van der Waals surface area (Å²) in [6.07, 6.45) is 0.737. The van der Waals surface area contributed by atoms with Gasteiger partial charge in [0.25, 0.3) is 0 Å². The number of carbonyl (C=O) groups is 1. The predicted octanol–water partition coefficient (Wildman–Crippen LogP) is 2.38. The number of rotatable bonds is 4. The van der Waals surface area contributed by atoms with Gasteiger partial charge >= 0.3 is 5.97 Å². The van der Waals surface area contributed by atoms with Crippen LogP contribution in [0.5, 0.6) is 0 Å². The maximum absolute atomic E-state index is 11.3. The van der Waals surface area contributed by atoms with Crippen molar-refractivity contribution in [1.29, 1.82) is 0 Å². The van der Waals surface area contributed by atoms with E-state index in [0.29, 0.717) is 0 Å². The van der Waals surface area contributed by atoms with Crippen molar-refractivity contribution in [2.45, 2.75) is 59.7 Å². The van der Waals surface area contributed by atoms with Crippen molar-refractivity contribution < 1.29 is 9.90 Å². The zero-order valence-corrected chi connectivity index (χ0v) is 13.1. The number of aryl methyl sites for hydroxylation is 2. The lowest BCUT2D eigenvalue weighted by Gasteiger charge is -2.30. The summed E-state index contributed by atoms with van der Waals surface area (Å²) in [5.41, 5.74) is 3.51. The smallest absolute Gasteiger partial charge is 0.308 e. The molecule has 5 heteroatoms. The van der Waals surface area contributed by atoms with E-state index in [0.717, 1.165) is 25.2 Å². The van der Waals surface area contributed by atoms with E-state index in [1.807, 2.05) is 18.5 Å². The third kappa shape index (κ3) is 2.35. The van der Waals surface area contributed by atoms with E-state index in [-0.39, 0.29) is 18.0 Å². The SMILES string of the molecule is CCn1nc(C)c(C(C)N2CCC(C(=O)O)C2C)c1C. The fourth-order valence-corrected chi connectivity index (χ4v) is 3.63. The Hall–Kier alpha value is -1.36. The highest BCUT2D eigenvalue weighted by Crippen LogP contribution is 2.35. The van der Waals surface area contributed by atoms with Crippen LogP contribution in [0.4, 0.5) is 0 Å². The molecule has 0 radical (unpaired) electrons. The van der Waals surface area contributed by atoms with Gasteiger partial charge in [-0.25, -0.2) is 0 Å². The van der Waals surface area contributed by atoms with Gasteiger partial charge in [-0.3, -0.25) is 14.4 Å². The molecule has 2 rings (SSSR count). The van der Waals surface area contributed by atoms with E-state index in [9.17, 15) is 9.90 Å². The van der Waals surface area contributed by atoms with E-state index in [1.165, 1.54) is 11.3 Å². The highest BCUT2D eigenvalue weighted by molar-refractivity contribution is 5.71. The molecule has 0 aromatic carbocycles. The van der Waals surface area contributed by atoms with Crippen molar-refractivity contribution >= 4 is 5.97 Å². The second-order valence-electron chi connectivity index (χ2n) is 5.79. The van der Waals surface area contributed by atoms with Crippen LogP contribution < -0.4 is 0 Å². The maximum Gasteiger partial charge on any atom is 0.308 e. The molecule has 0 spiro atoms. The summed E-state index contributed by atoms with van der Waals surface area (Å²) in [5, 5.41) is 13.8. The first-order valence-corrected chi connectivity index (χ1v) is 7.40. The number of carboxylic acid groups (broad SMARTS) is 1. The predicted molar refractivity (Wildman–Crippen MR) is 77.7 cm³/mol. The van der Waals surface area contributed by atoms with Crippen molar-refractivity contribution in [3.63, 3.8) is 0 Å². The molecule has 1 N–H and O–H groups in total. The van der Waals surface area contributed by atoms with Crippen molar-refractivity contribution in [2.75, 3.05) is 6.54 Å². The topological polar surface area (TPSA) is 58.4 Å². The second-order valence-corrected chi connectivity index (χ2v) is 5.79. The molecule has 1 aliphatic heterocycles. The van der Waals surface area contributed by atoms with Gasteiger partial charge in [-0.05, 0) is 47.6 Å². The van der Waals surface area contributed by atoms with E-state index >= 15 is 0 Å². The van der Waals surface area contributed by atoms with Gasteiger partial charge in [0.2, 0.25) is 0 Å². The Morgan fingerprint density at radius 2 is 2.15 bits per heavy atom. The summed E-state index contributed by atoms with van der Waals surface area (Å²) in [6, 6.07) is 0.293. The molecule has 0 aliphatic carbocycles. The lowest BCUT2D eigenvalue weighted by atomic mass is 10.00. The van der Waals surface area contributed by atoms with Crippen LogP contribution in [0.1, 0.15) is 50.2 Å². The average molecular weight is 279 g/mol. The summed E-state index contributed by atoms with van der Waals surface area (Å²) in [5.74, 6) is -0.927. The minimum atomic E-state index is -0.676. The normalized spacial score (nSPS) is 25.1. The van der Waals surface area contributed by atoms with Gasteiger partial charge in [0.05, 0.1) is 11.6 Å². The summed E-state index contributed by atoms with van der Waals surface area (Å²) < 4.78 is 2.02. The molecule has 1 aromatic heterocycles. The number of aromatic nitrogens is 2. The highest BCUT2D eigenvalue weighted by Gasteiger charge is 2.39. The first-order chi connectivity index (χ1) is 9.38. The minimum Gasteiger partial charge on any atom is -0.481 e. The Morgan fingerprint density at radius 3 is 2.60 bits per heavy atom. The standard InChI is InChI=1S/C15H25N3O2/c1-6-18-12(5)14(9(2)16-18)11(4)17-8-7-13(10(17)3)15(19)20/h10-11,13H,6-8H2,1-5H3,(H,19,20). The summed E-state index contributed by atoms with van der Waals surface area (Å²) in [6.45, 7) is 12.1. The molecule has 2 heterocycles. The van der Waals surface area contributed by atoms with E-state index in [2.05, 4.69) is 30.8 Å². The number of nitrogens with zero attached hydrogens (tertiary/aromatic N) is 3. The van der Waals surface area contributed by atoms with Crippen molar-refractivity contribution in [1.82, 2.24) is 14.7 Å². The molecular weight excluding hydrogens is 254 g/mol. The summed E-state index contributed by atoms with van der Waals surface area (Å²) >= 11 is 0. The van der Waals surface area contributed by atoms with Crippen molar-refractivity contribution in [3.05, 3.63) is 17.0 Å². The lowest BCUT2D eigenvalue weighted by molar-refractivity contribution is -0.142. The van der Waals surface area contributed by atoms with Gasteiger partial charge < -0.3 is 5.11 Å². The third-order valence-electron chi connectivity index (χ3n) is 4.77. The Labute approximate surface area is 120 Å². The molecule has 0 saturated carbocycles. The van der Waals surface area contributed by atoms with Crippen molar-refractivity contribution in [3.8, 4) is 0 Å². The van der Waals surface area contributed by atoms with Crippen LogP contribution >= 0.6 is 0 Å². The lowest BCUT2D eigenvalue weighted by Crippen LogP contribution is -2.35. The zero-order valence-electron chi connectivity index (χ0n) is 13.1. The van der Waals surface area contributed by atoms with E-state index in [1.54, 1.807) is 0 Å². The molecule has 112 valence electrons. The molecule has 1 aliphatic rings. The molecule has 0 bridgehead atoms. The molecular formula is C15H25N3O2. The van der Waals surface area contributed by atoms with Gasteiger partial charge in [-0.1, -0.05) is 0 Å². The Morgan fingerprint density at radius 1 is 1.50 bits per heavy atom. The Kier molecular flexibility index (Phi) is 4.18. The molecule has 5 nitrogen and oxygen atoms in total. The Bertz CT molecular complexity index is 509. The third-order valence-corrected chi connectivity index (χ3v) is 4.77. The maximum atomic E-state index is 11.3. The molecule has 20 heavy (non-hydrogen) atoms. The Balaban J connectivity index is 2.26. The fraction of sp³-hybridized carbons (Fsp3) is 0.733. The van der Waals surface area contributed by atoms with Crippen LogP contribution in [0.25, 0.3) is 0 Å². The second kappa shape index (κ2) is 5.56. The van der Waals surface area contributed by atoms with E-state index < -0.39 is 5.97 Å². The first kappa shape index (κ1) is 15.0. The van der Waals surface area contributed by atoms with Crippen LogP contribution in [0, 0.1) is 19.8 Å².